The van der Waals surface area contributed by atoms with Crippen LogP contribution in [0.3, 0.4) is 0 Å². The van der Waals surface area contributed by atoms with E-state index in [9.17, 15) is 0 Å². The Morgan fingerprint density at radius 1 is 1.22 bits per heavy atom. The number of ether oxygens (including phenoxy) is 1. The summed E-state index contributed by atoms with van der Waals surface area (Å²) in [6.45, 7) is 3.75. The molecule has 0 aromatic carbocycles. The quantitative estimate of drug-likeness (QED) is 0.913. The maximum atomic E-state index is 5.78. The van der Waals surface area contributed by atoms with Gasteiger partial charge >= 0.3 is 6.01 Å². The third-order valence-corrected chi connectivity index (χ3v) is 2.62. The molecule has 0 aliphatic carbocycles. The van der Waals surface area contributed by atoms with E-state index in [2.05, 4.69) is 25.4 Å². The van der Waals surface area contributed by atoms with Crippen molar-refractivity contribution in [3.05, 3.63) is 16.7 Å². The SMILES string of the molecule is CNc1nc(Cl)nc(Oc2c(C)nn(C)c2C)n1. The lowest BCUT2D eigenvalue weighted by atomic mass is 10.3. The van der Waals surface area contributed by atoms with Crippen LogP contribution in [0.1, 0.15) is 11.4 Å². The molecule has 96 valence electrons. The maximum absolute atomic E-state index is 5.78. The Morgan fingerprint density at radius 3 is 2.50 bits per heavy atom. The lowest BCUT2D eigenvalue weighted by molar-refractivity contribution is 0.433. The van der Waals surface area contributed by atoms with Gasteiger partial charge in [-0.15, -0.1) is 0 Å². The number of rotatable bonds is 3. The number of halogens is 1. The summed E-state index contributed by atoms with van der Waals surface area (Å²) in [6, 6.07) is 0.138. The van der Waals surface area contributed by atoms with Crippen molar-refractivity contribution in [2.45, 2.75) is 13.8 Å². The second kappa shape index (κ2) is 4.77. The van der Waals surface area contributed by atoms with Crippen molar-refractivity contribution >= 4 is 17.5 Å². The fourth-order valence-corrected chi connectivity index (χ4v) is 1.63. The molecule has 2 heterocycles. The Morgan fingerprint density at radius 2 is 1.94 bits per heavy atom. The molecule has 0 unspecified atom stereocenters. The van der Waals surface area contributed by atoms with Gasteiger partial charge in [-0.3, -0.25) is 4.68 Å². The van der Waals surface area contributed by atoms with E-state index in [1.165, 1.54) is 0 Å². The lowest BCUT2D eigenvalue weighted by Gasteiger charge is -2.05. The Labute approximate surface area is 109 Å². The van der Waals surface area contributed by atoms with Gasteiger partial charge in [-0.05, 0) is 25.4 Å². The summed E-state index contributed by atoms with van der Waals surface area (Å²) in [5, 5.41) is 7.10. The first-order valence-corrected chi connectivity index (χ1v) is 5.66. The van der Waals surface area contributed by atoms with Crippen molar-refractivity contribution in [2.75, 3.05) is 12.4 Å². The zero-order valence-electron chi connectivity index (χ0n) is 10.5. The number of hydrogen-bond acceptors (Lipinski definition) is 6. The van der Waals surface area contributed by atoms with Gasteiger partial charge in [0.05, 0.1) is 5.69 Å². The molecule has 2 aromatic heterocycles. The van der Waals surface area contributed by atoms with Crippen LogP contribution in [0.5, 0.6) is 11.8 Å². The van der Waals surface area contributed by atoms with E-state index < -0.39 is 0 Å². The van der Waals surface area contributed by atoms with Crippen LogP contribution < -0.4 is 10.1 Å². The van der Waals surface area contributed by atoms with E-state index >= 15 is 0 Å². The Hall–Kier alpha value is -1.89. The van der Waals surface area contributed by atoms with Crippen LogP contribution in [0.25, 0.3) is 0 Å². The van der Waals surface area contributed by atoms with Crippen LogP contribution in [0.2, 0.25) is 5.28 Å². The average Bonchev–Trinajstić information content (AvgIpc) is 2.55. The van der Waals surface area contributed by atoms with Crippen LogP contribution >= 0.6 is 11.6 Å². The molecule has 2 rings (SSSR count). The third-order valence-electron chi connectivity index (χ3n) is 2.45. The highest BCUT2D eigenvalue weighted by atomic mass is 35.5. The van der Waals surface area contributed by atoms with Crippen molar-refractivity contribution < 1.29 is 4.74 Å². The first kappa shape index (κ1) is 12.6. The van der Waals surface area contributed by atoms with Crippen molar-refractivity contribution in [2.24, 2.45) is 7.05 Å². The Balaban J connectivity index is 2.36. The highest BCUT2D eigenvalue weighted by Gasteiger charge is 2.14. The zero-order valence-corrected chi connectivity index (χ0v) is 11.3. The van der Waals surface area contributed by atoms with E-state index in [0.29, 0.717) is 11.7 Å². The molecule has 0 radical (unpaired) electrons. The number of hydrogen-bond donors (Lipinski definition) is 1. The van der Waals surface area contributed by atoms with Gasteiger partial charge in [-0.2, -0.15) is 20.1 Å². The first-order chi connectivity index (χ1) is 8.51. The molecule has 8 heteroatoms. The molecular formula is C10H13ClN6O. The number of anilines is 1. The van der Waals surface area contributed by atoms with Crippen LogP contribution in [-0.4, -0.2) is 31.8 Å². The Bertz CT molecular complexity index is 582. The van der Waals surface area contributed by atoms with Gasteiger partial charge in [0.2, 0.25) is 11.2 Å². The molecule has 0 aliphatic rings. The van der Waals surface area contributed by atoms with Crippen molar-refractivity contribution in [1.82, 2.24) is 24.7 Å². The summed E-state index contributed by atoms with van der Waals surface area (Å²) in [5.74, 6) is 0.978. The van der Waals surface area contributed by atoms with Crippen LogP contribution in [0.4, 0.5) is 5.95 Å². The molecule has 0 atom stereocenters. The molecule has 1 N–H and O–H groups in total. The molecule has 0 amide bonds. The topological polar surface area (TPSA) is 77.8 Å². The minimum atomic E-state index is 0.0727. The van der Waals surface area contributed by atoms with Gasteiger partial charge < -0.3 is 10.1 Å². The minimum absolute atomic E-state index is 0.0727. The largest absolute Gasteiger partial charge is 0.420 e. The molecule has 0 saturated heterocycles. The van der Waals surface area contributed by atoms with Crippen LogP contribution in [0, 0.1) is 13.8 Å². The smallest absolute Gasteiger partial charge is 0.328 e. The molecule has 2 aromatic rings. The Kier molecular flexibility index (Phi) is 3.33. The molecule has 0 saturated carbocycles. The maximum Gasteiger partial charge on any atom is 0.328 e. The van der Waals surface area contributed by atoms with Crippen LogP contribution in [0.15, 0.2) is 0 Å². The molecular weight excluding hydrogens is 256 g/mol. The van der Waals surface area contributed by atoms with E-state index in [0.717, 1.165) is 11.4 Å². The van der Waals surface area contributed by atoms with Gasteiger partial charge in [0.1, 0.15) is 5.69 Å². The summed E-state index contributed by atoms with van der Waals surface area (Å²) in [7, 11) is 3.53. The second-order valence-electron chi connectivity index (χ2n) is 3.69. The molecule has 18 heavy (non-hydrogen) atoms. The number of aryl methyl sites for hydroxylation is 2. The summed E-state index contributed by atoms with van der Waals surface area (Å²) < 4.78 is 7.34. The lowest BCUT2D eigenvalue weighted by Crippen LogP contribution is -2.01. The minimum Gasteiger partial charge on any atom is -0.420 e. The monoisotopic (exact) mass is 268 g/mol. The van der Waals surface area contributed by atoms with E-state index in [1.54, 1.807) is 11.7 Å². The molecule has 7 nitrogen and oxygen atoms in total. The first-order valence-electron chi connectivity index (χ1n) is 5.28. The molecule has 0 fully saturated rings. The number of nitrogens with zero attached hydrogens (tertiary/aromatic N) is 5. The van der Waals surface area contributed by atoms with Crippen molar-refractivity contribution in [1.29, 1.82) is 0 Å². The number of aromatic nitrogens is 5. The van der Waals surface area contributed by atoms with Gasteiger partial charge in [0.25, 0.3) is 0 Å². The molecule has 0 spiro atoms. The zero-order chi connectivity index (χ0) is 13.3. The molecule has 0 aliphatic heterocycles. The second-order valence-corrected chi connectivity index (χ2v) is 4.02. The fourth-order valence-electron chi connectivity index (χ4n) is 1.48. The summed E-state index contributed by atoms with van der Waals surface area (Å²) >= 11 is 5.78. The van der Waals surface area contributed by atoms with Crippen molar-refractivity contribution in [3.8, 4) is 11.8 Å². The predicted octanol–water partition coefficient (Wildman–Crippen LogP) is 1.71. The van der Waals surface area contributed by atoms with Crippen molar-refractivity contribution in [3.63, 3.8) is 0 Å². The fraction of sp³-hybridized carbons (Fsp3) is 0.400. The van der Waals surface area contributed by atoms with Gasteiger partial charge in [-0.25, -0.2) is 0 Å². The molecule has 0 bridgehead atoms. The summed E-state index contributed by atoms with van der Waals surface area (Å²) in [6.07, 6.45) is 0. The van der Waals surface area contributed by atoms with Crippen LogP contribution in [-0.2, 0) is 7.05 Å². The number of nitrogens with one attached hydrogen (secondary N) is 1. The third kappa shape index (κ3) is 2.35. The van der Waals surface area contributed by atoms with Gasteiger partial charge in [-0.1, -0.05) is 0 Å². The average molecular weight is 269 g/mol. The normalized spacial score (nSPS) is 10.5. The summed E-state index contributed by atoms with van der Waals surface area (Å²) in [5.41, 5.74) is 1.65. The van der Waals surface area contributed by atoms with Gasteiger partial charge in [0, 0.05) is 14.1 Å². The van der Waals surface area contributed by atoms with E-state index in [1.807, 2.05) is 20.9 Å². The highest BCUT2D eigenvalue weighted by molar-refractivity contribution is 6.28. The van der Waals surface area contributed by atoms with E-state index in [4.69, 9.17) is 16.3 Å². The highest BCUT2D eigenvalue weighted by Crippen LogP contribution is 2.26. The van der Waals surface area contributed by atoms with Gasteiger partial charge in [0.15, 0.2) is 5.75 Å². The predicted molar refractivity (Wildman–Crippen MR) is 67.1 cm³/mol. The summed E-state index contributed by atoms with van der Waals surface area (Å²) in [4.78, 5) is 11.8. The van der Waals surface area contributed by atoms with E-state index in [-0.39, 0.29) is 11.3 Å². The standard InChI is InChI=1S/C10H13ClN6O/c1-5-7(6(2)17(4)16-5)18-10-14-8(11)13-9(12-3)15-10/h1-4H3,(H,12,13,14,15).